The number of imidazole rings is 1. The largest absolute Gasteiger partial charge is 0.481 e. The zero-order chi connectivity index (χ0) is 23.8. The fraction of sp³-hybridized carbons (Fsp3) is 0.269. The number of aliphatic hydroxyl groups is 1. The summed E-state index contributed by atoms with van der Waals surface area (Å²) in [5.74, 6) is -1.21. The molecule has 0 spiro atoms. The van der Waals surface area contributed by atoms with Crippen LogP contribution in [0.4, 0.5) is 0 Å². The molecule has 1 aromatic heterocycles. The molecular weight excluding hydrogens is 434 g/mol. The van der Waals surface area contributed by atoms with Crippen molar-refractivity contribution in [1.29, 1.82) is 0 Å². The predicted molar refractivity (Wildman–Crippen MR) is 128 cm³/mol. The Kier molecular flexibility index (Phi) is 5.67. The van der Waals surface area contributed by atoms with Crippen LogP contribution in [0.2, 0.25) is 0 Å². The number of carbonyl (C=O) groups excluding carboxylic acids is 1. The zero-order valence-electron chi connectivity index (χ0n) is 18.6. The highest BCUT2D eigenvalue weighted by Crippen LogP contribution is 2.23. The molecule has 1 unspecified atom stereocenters. The third-order valence-corrected chi connectivity index (χ3v) is 6.47. The number of aliphatic carboxylic acids is 1. The number of amides is 1. The molecule has 0 saturated carbocycles. The second-order valence-corrected chi connectivity index (χ2v) is 8.70. The SMILES string of the molecule is O=C(O)CCn1c(=O)n(Cc2cccc3ccccc23)c2ccc(C(=O)N3CCC(O)C3)cc21. The number of β-amino-alcohol motifs (C(OH)–C–C–N with tert-alkyl or cyclic N) is 1. The van der Waals surface area contributed by atoms with Crippen molar-refractivity contribution in [3.05, 3.63) is 82.3 Å². The van der Waals surface area contributed by atoms with Crippen molar-refractivity contribution in [2.24, 2.45) is 0 Å². The molecule has 2 N–H and O–H groups in total. The Morgan fingerprint density at radius 2 is 1.76 bits per heavy atom. The van der Waals surface area contributed by atoms with Gasteiger partial charge in [0.1, 0.15) is 0 Å². The molecule has 1 amide bonds. The van der Waals surface area contributed by atoms with Gasteiger partial charge < -0.3 is 15.1 Å². The first-order chi connectivity index (χ1) is 16.4. The van der Waals surface area contributed by atoms with E-state index in [9.17, 15) is 24.6 Å². The van der Waals surface area contributed by atoms with Crippen LogP contribution < -0.4 is 5.69 Å². The van der Waals surface area contributed by atoms with Gasteiger partial charge in [0.2, 0.25) is 0 Å². The van der Waals surface area contributed by atoms with Gasteiger partial charge in [0.15, 0.2) is 0 Å². The molecule has 8 nitrogen and oxygen atoms in total. The predicted octanol–water partition coefficient (Wildman–Crippen LogP) is 2.69. The van der Waals surface area contributed by atoms with E-state index in [2.05, 4.69) is 0 Å². The first kappa shape index (κ1) is 21.9. The van der Waals surface area contributed by atoms with Crippen LogP contribution in [0.3, 0.4) is 0 Å². The zero-order valence-corrected chi connectivity index (χ0v) is 18.6. The van der Waals surface area contributed by atoms with Crippen molar-refractivity contribution < 1.29 is 19.8 Å². The monoisotopic (exact) mass is 459 g/mol. The lowest BCUT2D eigenvalue weighted by Crippen LogP contribution is -2.29. The van der Waals surface area contributed by atoms with E-state index in [-0.39, 0.29) is 31.1 Å². The lowest BCUT2D eigenvalue weighted by Gasteiger charge is -2.15. The van der Waals surface area contributed by atoms with Crippen molar-refractivity contribution in [3.8, 4) is 0 Å². The van der Waals surface area contributed by atoms with Gasteiger partial charge >= 0.3 is 11.7 Å². The average Bonchev–Trinajstić information content (AvgIpc) is 3.38. The first-order valence-electron chi connectivity index (χ1n) is 11.3. The van der Waals surface area contributed by atoms with Crippen molar-refractivity contribution in [3.63, 3.8) is 0 Å². The number of likely N-dealkylation sites (tertiary alicyclic amines) is 1. The lowest BCUT2D eigenvalue weighted by molar-refractivity contribution is -0.137. The number of carboxylic acids is 1. The van der Waals surface area contributed by atoms with Gasteiger partial charge in [-0.05, 0) is 41.0 Å². The minimum absolute atomic E-state index is 0.00722. The molecule has 0 radical (unpaired) electrons. The molecule has 1 saturated heterocycles. The smallest absolute Gasteiger partial charge is 0.329 e. The Labute approximate surface area is 195 Å². The number of carbonyl (C=O) groups is 2. The van der Waals surface area contributed by atoms with E-state index in [0.29, 0.717) is 36.1 Å². The van der Waals surface area contributed by atoms with E-state index < -0.39 is 12.1 Å². The van der Waals surface area contributed by atoms with Gasteiger partial charge in [-0.1, -0.05) is 42.5 Å². The van der Waals surface area contributed by atoms with Gasteiger partial charge in [-0.3, -0.25) is 18.7 Å². The second kappa shape index (κ2) is 8.79. The highest BCUT2D eigenvalue weighted by molar-refractivity contribution is 5.97. The number of aliphatic hydroxyl groups excluding tert-OH is 1. The molecule has 1 fully saturated rings. The minimum Gasteiger partial charge on any atom is -0.481 e. The number of rotatable bonds is 6. The minimum atomic E-state index is -1.000. The summed E-state index contributed by atoms with van der Waals surface area (Å²) in [5.41, 5.74) is 2.24. The molecule has 0 aliphatic carbocycles. The van der Waals surface area contributed by atoms with Crippen molar-refractivity contribution in [1.82, 2.24) is 14.0 Å². The molecule has 1 aliphatic rings. The fourth-order valence-corrected chi connectivity index (χ4v) is 4.74. The van der Waals surface area contributed by atoms with Crippen LogP contribution >= 0.6 is 0 Å². The van der Waals surface area contributed by atoms with Crippen LogP contribution in [0.25, 0.3) is 21.8 Å². The van der Waals surface area contributed by atoms with E-state index in [1.54, 1.807) is 27.7 Å². The number of carboxylic acid groups (broad SMARTS) is 1. The molecule has 4 aromatic rings. The Balaban J connectivity index is 1.60. The van der Waals surface area contributed by atoms with E-state index in [0.717, 1.165) is 16.3 Å². The highest BCUT2D eigenvalue weighted by atomic mass is 16.4. The molecule has 8 heteroatoms. The molecular formula is C26H25N3O5. The second-order valence-electron chi connectivity index (χ2n) is 8.70. The van der Waals surface area contributed by atoms with Gasteiger partial charge in [-0.15, -0.1) is 0 Å². The number of fused-ring (bicyclic) bond motifs is 2. The molecule has 2 heterocycles. The van der Waals surface area contributed by atoms with Crippen molar-refractivity contribution in [2.45, 2.75) is 32.0 Å². The summed E-state index contributed by atoms with van der Waals surface area (Å²) in [5, 5.41) is 21.1. The van der Waals surface area contributed by atoms with Crippen LogP contribution in [0.15, 0.2) is 65.5 Å². The summed E-state index contributed by atoms with van der Waals surface area (Å²) in [7, 11) is 0. The summed E-state index contributed by atoms with van der Waals surface area (Å²) in [6.45, 7) is 1.09. The Bertz CT molecular complexity index is 1460. The van der Waals surface area contributed by atoms with Crippen molar-refractivity contribution >= 4 is 33.7 Å². The number of hydrogen-bond donors (Lipinski definition) is 2. The lowest BCUT2D eigenvalue weighted by atomic mass is 10.0. The number of aromatic nitrogens is 2. The van der Waals surface area contributed by atoms with Gasteiger partial charge in [-0.25, -0.2) is 4.79 Å². The Hall–Kier alpha value is -3.91. The topological polar surface area (TPSA) is 105 Å². The number of nitrogens with zero attached hydrogens (tertiary/aromatic N) is 3. The Morgan fingerprint density at radius 3 is 2.53 bits per heavy atom. The molecule has 174 valence electrons. The van der Waals surface area contributed by atoms with Gasteiger partial charge in [-0.2, -0.15) is 0 Å². The molecule has 0 bridgehead atoms. The van der Waals surface area contributed by atoms with E-state index in [1.165, 1.54) is 4.57 Å². The molecule has 1 aliphatic heterocycles. The average molecular weight is 460 g/mol. The van der Waals surface area contributed by atoms with E-state index >= 15 is 0 Å². The third-order valence-electron chi connectivity index (χ3n) is 6.47. The standard InChI is InChI=1S/C26H25N3O5/c30-20-10-12-27(16-20)25(33)18-8-9-22-23(14-18)28(13-11-24(31)32)26(34)29(22)15-19-6-3-5-17-4-1-2-7-21(17)19/h1-9,14,20,30H,10-13,15-16H2,(H,31,32). The third kappa shape index (κ3) is 3.97. The first-order valence-corrected chi connectivity index (χ1v) is 11.3. The Morgan fingerprint density at radius 1 is 0.971 bits per heavy atom. The van der Waals surface area contributed by atoms with Crippen molar-refractivity contribution in [2.75, 3.05) is 13.1 Å². The quantitative estimate of drug-likeness (QED) is 0.461. The van der Waals surface area contributed by atoms with Gasteiger partial charge in [0, 0.05) is 25.2 Å². The van der Waals surface area contributed by atoms with E-state index in [1.807, 2.05) is 42.5 Å². The number of hydrogen-bond acceptors (Lipinski definition) is 4. The maximum atomic E-state index is 13.4. The molecule has 5 rings (SSSR count). The maximum absolute atomic E-state index is 13.4. The van der Waals surface area contributed by atoms with E-state index in [4.69, 9.17) is 0 Å². The van der Waals surface area contributed by atoms with Gasteiger partial charge in [0.25, 0.3) is 5.91 Å². The molecule has 1 atom stereocenters. The summed E-state index contributed by atoms with van der Waals surface area (Å²) in [6, 6.07) is 19.0. The molecule has 34 heavy (non-hydrogen) atoms. The maximum Gasteiger partial charge on any atom is 0.329 e. The molecule has 3 aromatic carbocycles. The van der Waals surface area contributed by atoms with Crippen LogP contribution in [0.1, 0.15) is 28.8 Å². The number of benzene rings is 3. The van der Waals surface area contributed by atoms with Crippen LogP contribution in [0, 0.1) is 0 Å². The summed E-state index contributed by atoms with van der Waals surface area (Å²) < 4.78 is 3.07. The fourth-order valence-electron chi connectivity index (χ4n) is 4.74. The number of aryl methyl sites for hydroxylation is 1. The van der Waals surface area contributed by atoms with Crippen LogP contribution in [-0.4, -0.2) is 55.3 Å². The normalized spacial score (nSPS) is 15.9. The summed E-state index contributed by atoms with van der Waals surface area (Å²) in [6.07, 6.45) is -0.189. The van der Waals surface area contributed by atoms with Crippen LogP contribution in [0.5, 0.6) is 0 Å². The summed E-state index contributed by atoms with van der Waals surface area (Å²) in [4.78, 5) is 39.2. The van der Waals surface area contributed by atoms with Crippen LogP contribution in [-0.2, 0) is 17.9 Å². The highest BCUT2D eigenvalue weighted by Gasteiger charge is 2.26. The van der Waals surface area contributed by atoms with Gasteiger partial charge in [0.05, 0.1) is 30.1 Å². The summed E-state index contributed by atoms with van der Waals surface area (Å²) >= 11 is 0.